The van der Waals surface area contributed by atoms with Crippen molar-refractivity contribution in [3.63, 3.8) is 0 Å². The Morgan fingerprint density at radius 1 is 1.12 bits per heavy atom. The van der Waals surface area contributed by atoms with Crippen LogP contribution in [0.2, 0.25) is 5.02 Å². The van der Waals surface area contributed by atoms with Gasteiger partial charge in [0.05, 0.1) is 11.6 Å². The van der Waals surface area contributed by atoms with Crippen LogP contribution in [0, 0.1) is 11.3 Å². The highest BCUT2D eigenvalue weighted by Gasteiger charge is 2.14. The minimum Gasteiger partial charge on any atom is -0.384 e. The Hall–Kier alpha value is -1.82. The molecule has 0 saturated carbocycles. The van der Waals surface area contributed by atoms with Crippen LogP contribution in [0.3, 0.4) is 0 Å². The van der Waals surface area contributed by atoms with Gasteiger partial charge < -0.3 is 5.11 Å². The average Bonchev–Trinajstić information content (AvgIpc) is 2.39. The first-order chi connectivity index (χ1) is 8.22. The van der Waals surface area contributed by atoms with Crippen LogP contribution in [-0.4, -0.2) is 5.11 Å². The van der Waals surface area contributed by atoms with Crippen LogP contribution in [-0.2, 0) is 0 Å². The molecule has 84 valence electrons. The molecule has 0 spiro atoms. The molecule has 3 heteroatoms. The molecular formula is C14H10ClNO. The van der Waals surface area contributed by atoms with Gasteiger partial charge in [0.15, 0.2) is 0 Å². The maximum Gasteiger partial charge on any atom is 0.106 e. The lowest BCUT2D eigenvalue weighted by Gasteiger charge is -2.13. The summed E-state index contributed by atoms with van der Waals surface area (Å²) in [5, 5.41) is 19.5. The third kappa shape index (κ3) is 2.47. The standard InChI is InChI=1S/C14H10ClNO/c15-13-7-6-10(9-16)8-12(13)14(17)11-4-2-1-3-5-11/h1-8,14,17H. The molecule has 1 unspecified atom stereocenters. The largest absolute Gasteiger partial charge is 0.384 e. The van der Waals surface area contributed by atoms with Crippen molar-refractivity contribution >= 4 is 11.6 Å². The van der Waals surface area contributed by atoms with E-state index in [1.54, 1.807) is 18.2 Å². The van der Waals surface area contributed by atoms with E-state index < -0.39 is 6.10 Å². The number of benzene rings is 2. The van der Waals surface area contributed by atoms with E-state index in [0.717, 1.165) is 5.56 Å². The molecule has 2 aromatic carbocycles. The number of aliphatic hydroxyl groups is 1. The van der Waals surface area contributed by atoms with E-state index in [4.69, 9.17) is 16.9 Å². The Morgan fingerprint density at radius 3 is 2.47 bits per heavy atom. The second-order valence-corrected chi connectivity index (χ2v) is 4.07. The van der Waals surface area contributed by atoms with Gasteiger partial charge in [-0.15, -0.1) is 0 Å². The molecular weight excluding hydrogens is 234 g/mol. The summed E-state index contributed by atoms with van der Waals surface area (Å²) < 4.78 is 0. The van der Waals surface area contributed by atoms with E-state index in [0.29, 0.717) is 16.1 Å². The highest BCUT2D eigenvalue weighted by Crippen LogP contribution is 2.28. The molecule has 0 bridgehead atoms. The molecule has 0 aliphatic carbocycles. The third-order valence-corrected chi connectivity index (χ3v) is 2.88. The summed E-state index contributed by atoms with van der Waals surface area (Å²) in [6.45, 7) is 0. The zero-order valence-electron chi connectivity index (χ0n) is 8.97. The zero-order valence-corrected chi connectivity index (χ0v) is 9.72. The van der Waals surface area contributed by atoms with Crippen molar-refractivity contribution in [3.8, 4) is 6.07 Å². The van der Waals surface area contributed by atoms with Crippen LogP contribution in [0.15, 0.2) is 48.5 Å². The van der Waals surface area contributed by atoms with Crippen LogP contribution in [0.5, 0.6) is 0 Å². The lowest BCUT2D eigenvalue weighted by atomic mass is 10.00. The minimum atomic E-state index is -0.808. The second kappa shape index (κ2) is 5.01. The van der Waals surface area contributed by atoms with E-state index in [2.05, 4.69) is 0 Å². The predicted octanol–water partition coefficient (Wildman–Crippen LogP) is 3.29. The van der Waals surface area contributed by atoms with E-state index in [1.807, 2.05) is 36.4 Å². The van der Waals surface area contributed by atoms with Gasteiger partial charge in [-0.05, 0) is 23.8 Å². The fourth-order valence-electron chi connectivity index (χ4n) is 1.64. The van der Waals surface area contributed by atoms with Crippen LogP contribution in [0.4, 0.5) is 0 Å². The molecule has 0 saturated heterocycles. The van der Waals surface area contributed by atoms with E-state index >= 15 is 0 Å². The number of aliphatic hydroxyl groups excluding tert-OH is 1. The summed E-state index contributed by atoms with van der Waals surface area (Å²) in [6.07, 6.45) is -0.808. The molecule has 2 aromatic rings. The van der Waals surface area contributed by atoms with Gasteiger partial charge in [0.1, 0.15) is 6.10 Å². The van der Waals surface area contributed by atoms with Crippen molar-refractivity contribution in [2.24, 2.45) is 0 Å². The van der Waals surface area contributed by atoms with E-state index in [1.165, 1.54) is 0 Å². The fourth-order valence-corrected chi connectivity index (χ4v) is 1.86. The summed E-state index contributed by atoms with van der Waals surface area (Å²) >= 11 is 6.03. The van der Waals surface area contributed by atoms with Crippen molar-refractivity contribution in [2.45, 2.75) is 6.10 Å². The molecule has 17 heavy (non-hydrogen) atoms. The topological polar surface area (TPSA) is 44.0 Å². The number of rotatable bonds is 2. The molecule has 0 aliphatic rings. The normalized spacial score (nSPS) is 11.8. The second-order valence-electron chi connectivity index (χ2n) is 3.66. The van der Waals surface area contributed by atoms with Crippen molar-refractivity contribution in [1.82, 2.24) is 0 Å². The van der Waals surface area contributed by atoms with Crippen LogP contribution in [0.1, 0.15) is 22.8 Å². The Labute approximate surface area is 105 Å². The van der Waals surface area contributed by atoms with Gasteiger partial charge in [-0.3, -0.25) is 0 Å². The molecule has 1 N–H and O–H groups in total. The molecule has 0 radical (unpaired) electrons. The van der Waals surface area contributed by atoms with Crippen LogP contribution in [0.25, 0.3) is 0 Å². The van der Waals surface area contributed by atoms with E-state index in [9.17, 15) is 5.11 Å². The zero-order chi connectivity index (χ0) is 12.3. The van der Waals surface area contributed by atoms with Crippen LogP contribution >= 0.6 is 11.6 Å². The maximum atomic E-state index is 10.2. The molecule has 0 heterocycles. The predicted molar refractivity (Wildman–Crippen MR) is 66.7 cm³/mol. The monoisotopic (exact) mass is 243 g/mol. The van der Waals surface area contributed by atoms with Gasteiger partial charge >= 0.3 is 0 Å². The van der Waals surface area contributed by atoms with E-state index in [-0.39, 0.29) is 0 Å². The van der Waals surface area contributed by atoms with Gasteiger partial charge in [0.2, 0.25) is 0 Å². The number of hydrogen-bond acceptors (Lipinski definition) is 2. The fraction of sp³-hybridized carbons (Fsp3) is 0.0714. The average molecular weight is 244 g/mol. The summed E-state index contributed by atoms with van der Waals surface area (Å²) in [5.41, 5.74) is 1.79. The molecule has 1 atom stereocenters. The quantitative estimate of drug-likeness (QED) is 0.880. The Morgan fingerprint density at radius 2 is 1.82 bits per heavy atom. The first-order valence-electron chi connectivity index (χ1n) is 5.15. The number of hydrogen-bond donors (Lipinski definition) is 1. The first-order valence-corrected chi connectivity index (χ1v) is 5.52. The van der Waals surface area contributed by atoms with Crippen molar-refractivity contribution < 1.29 is 5.11 Å². The highest BCUT2D eigenvalue weighted by molar-refractivity contribution is 6.31. The number of nitriles is 1. The molecule has 0 aliphatic heterocycles. The number of nitrogens with zero attached hydrogens (tertiary/aromatic N) is 1. The Bertz CT molecular complexity index is 560. The van der Waals surface area contributed by atoms with Gasteiger partial charge in [-0.25, -0.2) is 0 Å². The smallest absolute Gasteiger partial charge is 0.106 e. The van der Waals surface area contributed by atoms with Crippen LogP contribution < -0.4 is 0 Å². The summed E-state index contributed by atoms with van der Waals surface area (Å²) in [4.78, 5) is 0. The highest BCUT2D eigenvalue weighted by atomic mass is 35.5. The SMILES string of the molecule is N#Cc1ccc(Cl)c(C(O)c2ccccc2)c1. The lowest BCUT2D eigenvalue weighted by molar-refractivity contribution is 0.220. The van der Waals surface area contributed by atoms with Crippen molar-refractivity contribution in [2.75, 3.05) is 0 Å². The molecule has 0 fully saturated rings. The molecule has 0 amide bonds. The minimum absolute atomic E-state index is 0.459. The summed E-state index contributed by atoms with van der Waals surface area (Å²) in [7, 11) is 0. The van der Waals surface area contributed by atoms with Gasteiger partial charge in [-0.1, -0.05) is 41.9 Å². The Balaban J connectivity index is 2.44. The molecule has 2 nitrogen and oxygen atoms in total. The van der Waals surface area contributed by atoms with Crippen molar-refractivity contribution in [3.05, 3.63) is 70.2 Å². The summed E-state index contributed by atoms with van der Waals surface area (Å²) in [5.74, 6) is 0. The summed E-state index contributed by atoms with van der Waals surface area (Å²) in [6, 6.07) is 16.1. The van der Waals surface area contributed by atoms with Gasteiger partial charge in [0, 0.05) is 10.6 Å². The molecule has 0 aromatic heterocycles. The van der Waals surface area contributed by atoms with Gasteiger partial charge in [-0.2, -0.15) is 5.26 Å². The van der Waals surface area contributed by atoms with Crippen molar-refractivity contribution in [1.29, 1.82) is 5.26 Å². The molecule has 2 rings (SSSR count). The van der Waals surface area contributed by atoms with Gasteiger partial charge in [0.25, 0.3) is 0 Å². The lowest BCUT2D eigenvalue weighted by Crippen LogP contribution is -2.00. The number of halogens is 1. The Kier molecular flexibility index (Phi) is 3.43. The maximum absolute atomic E-state index is 10.2. The third-order valence-electron chi connectivity index (χ3n) is 2.53. The first kappa shape index (κ1) is 11.7.